The molecule has 2 heterocycles. The second-order valence-corrected chi connectivity index (χ2v) is 6.85. The molecule has 0 aliphatic rings. The molecule has 4 nitrogen and oxygen atoms in total. The molecule has 3 N–H and O–H groups in total. The third-order valence-corrected chi connectivity index (χ3v) is 5.46. The normalized spacial score (nSPS) is 10.4. The summed E-state index contributed by atoms with van der Waals surface area (Å²) in [6, 6.07) is 3.53. The van der Waals surface area contributed by atoms with Crippen LogP contribution in [0, 0.1) is 6.92 Å². The first-order valence-electron chi connectivity index (χ1n) is 4.95. The molecule has 0 spiro atoms. The third kappa shape index (κ3) is 2.90. The summed E-state index contributed by atoms with van der Waals surface area (Å²) < 4.78 is 1.74. The van der Waals surface area contributed by atoms with Gasteiger partial charge in [-0.05, 0) is 56.5 Å². The molecule has 0 radical (unpaired) electrons. The van der Waals surface area contributed by atoms with Crippen LogP contribution in [0.15, 0.2) is 26.6 Å². The predicted molar refractivity (Wildman–Crippen MR) is 81.1 cm³/mol. The number of amides is 1. The van der Waals surface area contributed by atoms with Crippen molar-refractivity contribution in [3.63, 3.8) is 0 Å². The largest absolute Gasteiger partial charge is 0.397 e. The number of thiophene rings is 1. The van der Waals surface area contributed by atoms with Crippen molar-refractivity contribution in [1.82, 2.24) is 4.98 Å². The molecular formula is C11H9Br2N3OS. The zero-order valence-electron chi connectivity index (χ0n) is 9.33. The van der Waals surface area contributed by atoms with Crippen LogP contribution < -0.4 is 11.1 Å². The number of nitrogen functional groups attached to an aromatic ring is 1. The van der Waals surface area contributed by atoms with Gasteiger partial charge in [0.25, 0.3) is 5.91 Å². The van der Waals surface area contributed by atoms with E-state index in [4.69, 9.17) is 5.73 Å². The van der Waals surface area contributed by atoms with E-state index in [1.807, 2.05) is 6.92 Å². The van der Waals surface area contributed by atoms with Crippen LogP contribution in [0.1, 0.15) is 15.2 Å². The first-order valence-corrected chi connectivity index (χ1v) is 7.36. The van der Waals surface area contributed by atoms with Gasteiger partial charge in [0, 0.05) is 4.47 Å². The van der Waals surface area contributed by atoms with Gasteiger partial charge in [-0.3, -0.25) is 4.79 Å². The summed E-state index contributed by atoms with van der Waals surface area (Å²) in [4.78, 5) is 16.7. The van der Waals surface area contributed by atoms with Crippen molar-refractivity contribution in [2.45, 2.75) is 6.92 Å². The Bertz CT molecular complexity index is 593. The summed E-state index contributed by atoms with van der Waals surface area (Å²) in [6.45, 7) is 1.85. The van der Waals surface area contributed by atoms with Crippen LogP contribution >= 0.6 is 43.2 Å². The van der Waals surface area contributed by atoms with Crippen molar-refractivity contribution in [2.24, 2.45) is 0 Å². The molecular weight excluding hydrogens is 382 g/mol. The number of halogens is 2. The van der Waals surface area contributed by atoms with E-state index in [2.05, 4.69) is 42.2 Å². The van der Waals surface area contributed by atoms with E-state index in [1.165, 1.54) is 17.5 Å². The van der Waals surface area contributed by atoms with Gasteiger partial charge in [0.05, 0.1) is 20.5 Å². The minimum atomic E-state index is -0.188. The Morgan fingerprint density at radius 2 is 2.17 bits per heavy atom. The Balaban J connectivity index is 2.21. The van der Waals surface area contributed by atoms with Gasteiger partial charge < -0.3 is 11.1 Å². The van der Waals surface area contributed by atoms with Gasteiger partial charge >= 0.3 is 0 Å². The molecule has 0 atom stereocenters. The lowest BCUT2D eigenvalue weighted by Crippen LogP contribution is -2.12. The van der Waals surface area contributed by atoms with Crippen molar-refractivity contribution in [1.29, 1.82) is 0 Å². The van der Waals surface area contributed by atoms with Crippen LogP contribution in [0.3, 0.4) is 0 Å². The van der Waals surface area contributed by atoms with Gasteiger partial charge in [-0.15, -0.1) is 11.3 Å². The molecule has 0 fully saturated rings. The van der Waals surface area contributed by atoms with Gasteiger partial charge in [-0.2, -0.15) is 0 Å². The lowest BCUT2D eigenvalue weighted by Gasteiger charge is -2.06. The van der Waals surface area contributed by atoms with E-state index in [-0.39, 0.29) is 5.91 Å². The minimum absolute atomic E-state index is 0.188. The van der Waals surface area contributed by atoms with Gasteiger partial charge in [0.2, 0.25) is 0 Å². The maximum atomic E-state index is 12.0. The Morgan fingerprint density at radius 3 is 2.72 bits per heavy atom. The minimum Gasteiger partial charge on any atom is -0.397 e. The molecule has 0 saturated heterocycles. The summed E-state index contributed by atoms with van der Waals surface area (Å²) >= 11 is 8.05. The molecule has 0 aromatic carbocycles. The summed E-state index contributed by atoms with van der Waals surface area (Å²) in [5, 5.41) is 2.76. The Labute approximate surface area is 125 Å². The topological polar surface area (TPSA) is 68.0 Å². The summed E-state index contributed by atoms with van der Waals surface area (Å²) in [6.07, 6.45) is 1.52. The van der Waals surface area contributed by atoms with E-state index in [1.54, 1.807) is 12.1 Å². The number of pyridine rings is 1. The van der Waals surface area contributed by atoms with E-state index in [0.717, 1.165) is 13.8 Å². The molecule has 2 aromatic rings. The van der Waals surface area contributed by atoms with Crippen LogP contribution in [-0.4, -0.2) is 10.9 Å². The number of hydrogen-bond acceptors (Lipinski definition) is 4. The summed E-state index contributed by atoms with van der Waals surface area (Å²) in [5.74, 6) is 0.335. The maximum Gasteiger partial charge on any atom is 0.266 e. The molecule has 18 heavy (non-hydrogen) atoms. The first-order chi connectivity index (χ1) is 8.47. The number of aromatic nitrogens is 1. The lowest BCUT2D eigenvalue weighted by molar-refractivity contribution is 0.103. The number of carbonyl (C=O) groups excluding carboxylic acids is 1. The number of nitrogens with two attached hydrogens (primary N) is 1. The SMILES string of the molecule is Cc1cc(N)cnc1NC(=O)c1cc(Br)c(Br)s1. The fourth-order valence-corrected chi connectivity index (χ4v) is 3.29. The fraction of sp³-hybridized carbons (Fsp3) is 0.0909. The van der Waals surface area contributed by atoms with Gasteiger partial charge in [-0.1, -0.05) is 0 Å². The second kappa shape index (κ2) is 5.38. The van der Waals surface area contributed by atoms with Crippen LogP contribution in [0.4, 0.5) is 11.5 Å². The van der Waals surface area contributed by atoms with Gasteiger partial charge in [0.15, 0.2) is 0 Å². The Kier molecular flexibility index (Phi) is 4.04. The zero-order valence-corrected chi connectivity index (χ0v) is 13.3. The van der Waals surface area contributed by atoms with Crippen molar-refractivity contribution in [2.75, 3.05) is 11.1 Å². The van der Waals surface area contributed by atoms with Gasteiger partial charge in [0.1, 0.15) is 5.82 Å². The van der Waals surface area contributed by atoms with E-state index >= 15 is 0 Å². The number of nitrogens with one attached hydrogen (secondary N) is 1. The molecule has 7 heteroatoms. The highest BCUT2D eigenvalue weighted by molar-refractivity contribution is 9.13. The van der Waals surface area contributed by atoms with E-state index in [0.29, 0.717) is 16.4 Å². The monoisotopic (exact) mass is 389 g/mol. The quantitative estimate of drug-likeness (QED) is 0.819. The van der Waals surface area contributed by atoms with E-state index < -0.39 is 0 Å². The standard InChI is InChI=1S/C11H9Br2N3OS/c1-5-2-6(14)4-15-10(5)16-11(17)8-3-7(12)9(13)18-8/h2-4H,14H2,1H3,(H,15,16,17). The number of anilines is 2. The van der Waals surface area contributed by atoms with Crippen LogP contribution in [0.2, 0.25) is 0 Å². The van der Waals surface area contributed by atoms with Crippen molar-refractivity contribution >= 4 is 60.6 Å². The highest BCUT2D eigenvalue weighted by Crippen LogP contribution is 2.32. The maximum absolute atomic E-state index is 12.0. The van der Waals surface area contributed by atoms with Crippen LogP contribution in [0.25, 0.3) is 0 Å². The second-order valence-electron chi connectivity index (χ2n) is 3.62. The van der Waals surface area contributed by atoms with E-state index in [9.17, 15) is 4.79 Å². The molecule has 0 unspecified atom stereocenters. The molecule has 94 valence electrons. The number of hydrogen-bond donors (Lipinski definition) is 2. The smallest absolute Gasteiger partial charge is 0.266 e. The van der Waals surface area contributed by atoms with Crippen LogP contribution in [0.5, 0.6) is 0 Å². The summed E-state index contributed by atoms with van der Waals surface area (Å²) in [5.41, 5.74) is 7.01. The zero-order chi connectivity index (χ0) is 13.3. The fourth-order valence-electron chi connectivity index (χ4n) is 1.36. The molecule has 0 aliphatic heterocycles. The third-order valence-electron chi connectivity index (χ3n) is 2.20. The average Bonchev–Trinajstić information content (AvgIpc) is 2.63. The molecule has 0 saturated carbocycles. The number of carbonyl (C=O) groups is 1. The molecule has 1 amide bonds. The molecule has 0 bridgehead atoms. The lowest BCUT2D eigenvalue weighted by atomic mass is 10.2. The molecule has 2 rings (SSSR count). The molecule has 0 aliphatic carbocycles. The predicted octanol–water partition coefficient (Wildman–Crippen LogP) is 3.81. The Hall–Kier alpha value is -0.920. The summed E-state index contributed by atoms with van der Waals surface area (Å²) in [7, 11) is 0. The number of aryl methyl sites for hydroxylation is 1. The first kappa shape index (κ1) is 13.5. The van der Waals surface area contributed by atoms with Crippen molar-refractivity contribution in [3.8, 4) is 0 Å². The number of nitrogens with zero attached hydrogens (tertiary/aromatic N) is 1. The van der Waals surface area contributed by atoms with Crippen molar-refractivity contribution < 1.29 is 4.79 Å². The molecule has 2 aromatic heterocycles. The van der Waals surface area contributed by atoms with Crippen LogP contribution in [-0.2, 0) is 0 Å². The number of rotatable bonds is 2. The average molecular weight is 391 g/mol. The highest BCUT2D eigenvalue weighted by atomic mass is 79.9. The van der Waals surface area contributed by atoms with Gasteiger partial charge in [-0.25, -0.2) is 4.98 Å². The highest BCUT2D eigenvalue weighted by Gasteiger charge is 2.13. The van der Waals surface area contributed by atoms with Crippen molar-refractivity contribution in [3.05, 3.63) is 37.0 Å². The Morgan fingerprint density at radius 1 is 1.44 bits per heavy atom.